The Morgan fingerprint density at radius 1 is 1.29 bits per heavy atom. The van der Waals surface area contributed by atoms with Crippen LogP contribution in [-0.2, 0) is 11.2 Å². The fourth-order valence-corrected chi connectivity index (χ4v) is 1.57. The van der Waals surface area contributed by atoms with Crippen molar-refractivity contribution in [2.24, 2.45) is 0 Å². The summed E-state index contributed by atoms with van der Waals surface area (Å²) in [7, 11) is 0. The second-order valence-electron chi connectivity index (χ2n) is 4.97. The zero-order valence-corrected chi connectivity index (χ0v) is 11.3. The van der Waals surface area contributed by atoms with E-state index in [1.165, 1.54) is 0 Å². The molecule has 1 aromatic carbocycles. The number of nitrogens with one attached hydrogen (secondary N) is 1. The quantitative estimate of drug-likeness (QED) is 0.871. The molecule has 1 unspecified atom stereocenters. The molecule has 2 N–H and O–H groups in total. The Morgan fingerprint density at radius 3 is 2.24 bits per heavy atom. The number of hydrogen-bond acceptors (Lipinski definition) is 2. The van der Waals surface area contributed by atoms with Crippen LogP contribution in [0.2, 0.25) is 0 Å². The summed E-state index contributed by atoms with van der Waals surface area (Å²) in [6.07, 6.45) is 0.507. The molecule has 0 aliphatic carbocycles. The number of benzene rings is 1. The Bertz CT molecular complexity index is 346. The standard InChI is InChI=1S/C13H19NO2.ClH/c1-13(2,3)14-11(12(15)16)9-10-7-5-4-6-8-10;/h4-8,11,14H,9H2,1-3H3,(H,15,16);1H. The van der Waals surface area contributed by atoms with Crippen molar-refractivity contribution in [2.75, 3.05) is 0 Å². The number of carbonyl (C=O) groups is 1. The van der Waals surface area contributed by atoms with Crippen molar-refractivity contribution >= 4 is 18.4 Å². The molecule has 0 saturated heterocycles. The minimum Gasteiger partial charge on any atom is -0.480 e. The van der Waals surface area contributed by atoms with Crippen LogP contribution in [0.25, 0.3) is 0 Å². The highest BCUT2D eigenvalue weighted by atomic mass is 35.5. The van der Waals surface area contributed by atoms with E-state index in [-0.39, 0.29) is 17.9 Å². The highest BCUT2D eigenvalue weighted by molar-refractivity contribution is 5.85. The summed E-state index contributed by atoms with van der Waals surface area (Å²) in [5.74, 6) is -0.807. The SMILES string of the molecule is CC(C)(C)NC(Cc1ccccc1)C(=O)O.Cl. The van der Waals surface area contributed by atoms with E-state index in [1.54, 1.807) is 0 Å². The van der Waals surface area contributed by atoms with Crippen LogP contribution >= 0.6 is 12.4 Å². The summed E-state index contributed by atoms with van der Waals surface area (Å²) in [4.78, 5) is 11.1. The van der Waals surface area contributed by atoms with Crippen molar-refractivity contribution < 1.29 is 9.90 Å². The lowest BCUT2D eigenvalue weighted by Crippen LogP contribution is -2.48. The molecular weight excluding hydrogens is 238 g/mol. The second-order valence-corrected chi connectivity index (χ2v) is 4.97. The average Bonchev–Trinajstić information content (AvgIpc) is 2.16. The summed E-state index contributed by atoms with van der Waals surface area (Å²) < 4.78 is 0. The van der Waals surface area contributed by atoms with Crippen molar-refractivity contribution in [3.63, 3.8) is 0 Å². The predicted octanol–water partition coefficient (Wildman–Crippen LogP) is 2.49. The van der Waals surface area contributed by atoms with Crippen molar-refractivity contribution in [1.29, 1.82) is 0 Å². The number of aliphatic carboxylic acids is 1. The summed E-state index contributed by atoms with van der Waals surface area (Å²) in [6.45, 7) is 5.90. The molecule has 1 atom stereocenters. The first-order chi connectivity index (χ1) is 7.38. The molecule has 1 rings (SSSR count). The maximum absolute atomic E-state index is 11.1. The highest BCUT2D eigenvalue weighted by Crippen LogP contribution is 2.08. The molecule has 17 heavy (non-hydrogen) atoms. The Labute approximate surface area is 109 Å². The number of carboxylic acids is 1. The smallest absolute Gasteiger partial charge is 0.321 e. The Morgan fingerprint density at radius 2 is 1.82 bits per heavy atom. The van der Waals surface area contributed by atoms with Gasteiger partial charge in [-0.15, -0.1) is 12.4 Å². The molecule has 0 spiro atoms. The molecule has 4 heteroatoms. The van der Waals surface area contributed by atoms with Gasteiger partial charge in [0.05, 0.1) is 0 Å². The van der Waals surface area contributed by atoms with E-state index in [9.17, 15) is 4.79 Å². The lowest BCUT2D eigenvalue weighted by molar-refractivity contribution is -0.140. The van der Waals surface area contributed by atoms with Crippen LogP contribution < -0.4 is 5.32 Å². The van der Waals surface area contributed by atoms with E-state index in [0.29, 0.717) is 6.42 Å². The van der Waals surface area contributed by atoms with Gasteiger partial charge in [-0.1, -0.05) is 30.3 Å². The van der Waals surface area contributed by atoms with Crippen molar-refractivity contribution in [1.82, 2.24) is 5.32 Å². The molecule has 96 valence electrons. The maximum Gasteiger partial charge on any atom is 0.321 e. The normalized spacial score (nSPS) is 12.6. The van der Waals surface area contributed by atoms with Crippen LogP contribution in [0.5, 0.6) is 0 Å². The molecule has 1 aromatic rings. The molecule has 0 aromatic heterocycles. The molecule has 0 bridgehead atoms. The van der Waals surface area contributed by atoms with E-state index in [2.05, 4.69) is 5.32 Å². The van der Waals surface area contributed by atoms with Gasteiger partial charge >= 0.3 is 5.97 Å². The fourth-order valence-electron chi connectivity index (χ4n) is 1.57. The van der Waals surface area contributed by atoms with Crippen molar-refractivity contribution in [3.05, 3.63) is 35.9 Å². The van der Waals surface area contributed by atoms with Crippen LogP contribution in [0.4, 0.5) is 0 Å². The molecule has 3 nitrogen and oxygen atoms in total. The first kappa shape index (κ1) is 15.9. The van der Waals surface area contributed by atoms with Gasteiger partial charge in [-0.05, 0) is 32.8 Å². The third-order valence-electron chi connectivity index (χ3n) is 2.19. The van der Waals surface area contributed by atoms with E-state index in [0.717, 1.165) is 5.56 Å². The first-order valence-electron chi connectivity index (χ1n) is 5.43. The van der Waals surface area contributed by atoms with Crippen LogP contribution in [-0.4, -0.2) is 22.7 Å². The number of rotatable bonds is 4. The molecule has 0 fully saturated rings. The van der Waals surface area contributed by atoms with Gasteiger partial charge < -0.3 is 5.11 Å². The van der Waals surface area contributed by atoms with Crippen LogP contribution in [0, 0.1) is 0 Å². The van der Waals surface area contributed by atoms with Gasteiger partial charge in [-0.25, -0.2) is 0 Å². The van der Waals surface area contributed by atoms with Gasteiger partial charge in [0.15, 0.2) is 0 Å². The summed E-state index contributed by atoms with van der Waals surface area (Å²) in [6, 6.07) is 9.12. The van der Waals surface area contributed by atoms with Crippen LogP contribution in [0.15, 0.2) is 30.3 Å². The number of halogens is 1. The predicted molar refractivity (Wildman–Crippen MR) is 71.7 cm³/mol. The van der Waals surface area contributed by atoms with E-state index >= 15 is 0 Å². The Kier molecular flexibility index (Phi) is 6.21. The lowest BCUT2D eigenvalue weighted by atomic mass is 10.0. The Hall–Kier alpha value is -1.06. The second kappa shape index (κ2) is 6.62. The molecule has 0 saturated carbocycles. The van der Waals surface area contributed by atoms with Gasteiger partial charge in [-0.3, -0.25) is 10.1 Å². The zero-order chi connectivity index (χ0) is 12.2. The topological polar surface area (TPSA) is 49.3 Å². The highest BCUT2D eigenvalue weighted by Gasteiger charge is 2.23. The molecule has 0 aliphatic heterocycles. The van der Waals surface area contributed by atoms with Gasteiger partial charge in [0.2, 0.25) is 0 Å². The summed E-state index contributed by atoms with van der Waals surface area (Å²) >= 11 is 0. The monoisotopic (exact) mass is 257 g/mol. The minimum atomic E-state index is -0.807. The molecule has 0 aliphatic rings. The van der Waals surface area contributed by atoms with Crippen LogP contribution in [0.1, 0.15) is 26.3 Å². The van der Waals surface area contributed by atoms with E-state index in [4.69, 9.17) is 5.11 Å². The van der Waals surface area contributed by atoms with Gasteiger partial charge in [0.25, 0.3) is 0 Å². The summed E-state index contributed by atoms with van der Waals surface area (Å²) in [5.41, 5.74) is 0.837. The Balaban J connectivity index is 0.00000256. The maximum atomic E-state index is 11.1. The van der Waals surface area contributed by atoms with Gasteiger partial charge in [-0.2, -0.15) is 0 Å². The molecule has 0 radical (unpaired) electrons. The third kappa shape index (κ3) is 6.29. The first-order valence-corrected chi connectivity index (χ1v) is 5.43. The number of hydrogen-bond donors (Lipinski definition) is 2. The average molecular weight is 258 g/mol. The van der Waals surface area contributed by atoms with Crippen molar-refractivity contribution in [3.8, 4) is 0 Å². The largest absolute Gasteiger partial charge is 0.480 e. The molecule has 0 heterocycles. The van der Waals surface area contributed by atoms with E-state index < -0.39 is 12.0 Å². The van der Waals surface area contributed by atoms with E-state index in [1.807, 2.05) is 51.1 Å². The zero-order valence-electron chi connectivity index (χ0n) is 10.4. The summed E-state index contributed by atoms with van der Waals surface area (Å²) in [5, 5.41) is 12.2. The van der Waals surface area contributed by atoms with Crippen molar-refractivity contribution in [2.45, 2.75) is 38.8 Å². The van der Waals surface area contributed by atoms with Crippen LogP contribution in [0.3, 0.4) is 0 Å². The molecular formula is C13H20ClNO2. The minimum absolute atomic E-state index is 0. The lowest BCUT2D eigenvalue weighted by Gasteiger charge is -2.26. The molecule has 0 amide bonds. The number of carboxylic acid groups (broad SMARTS) is 1. The fraction of sp³-hybridized carbons (Fsp3) is 0.462. The van der Waals surface area contributed by atoms with Gasteiger partial charge in [0.1, 0.15) is 6.04 Å². The van der Waals surface area contributed by atoms with Gasteiger partial charge in [0, 0.05) is 5.54 Å². The third-order valence-corrected chi connectivity index (χ3v) is 2.19.